The van der Waals surface area contributed by atoms with Crippen LogP contribution in [0.5, 0.6) is 5.75 Å². The van der Waals surface area contributed by atoms with Gasteiger partial charge < -0.3 is 14.8 Å². The fourth-order valence-corrected chi connectivity index (χ4v) is 4.16. The Kier molecular flexibility index (Phi) is 4.80. The maximum atomic E-state index is 12.5. The van der Waals surface area contributed by atoms with Gasteiger partial charge in [0.25, 0.3) is 5.91 Å². The van der Waals surface area contributed by atoms with Crippen LogP contribution in [0.15, 0.2) is 47.4 Å². The molecular formula is C17H16ClNO3S. The van der Waals surface area contributed by atoms with Crippen molar-refractivity contribution in [1.82, 2.24) is 0 Å². The van der Waals surface area contributed by atoms with Crippen molar-refractivity contribution in [3.8, 4) is 5.75 Å². The molecule has 0 bridgehead atoms. The third-order valence-corrected chi connectivity index (χ3v) is 5.39. The number of carbonyl (C=O) groups is 1. The van der Waals surface area contributed by atoms with Crippen molar-refractivity contribution in [3.63, 3.8) is 0 Å². The Labute approximate surface area is 144 Å². The van der Waals surface area contributed by atoms with Crippen LogP contribution in [0, 0.1) is 0 Å². The van der Waals surface area contributed by atoms with E-state index >= 15 is 0 Å². The number of hydrogen-bond acceptors (Lipinski definition) is 4. The molecule has 2 aromatic rings. The molecule has 6 heteroatoms. The van der Waals surface area contributed by atoms with Crippen LogP contribution in [0.25, 0.3) is 0 Å². The first-order chi connectivity index (χ1) is 11.1. The summed E-state index contributed by atoms with van der Waals surface area (Å²) in [4.78, 5) is 13.5. The molecule has 120 valence electrons. The molecule has 0 saturated heterocycles. The van der Waals surface area contributed by atoms with Gasteiger partial charge in [0.05, 0.1) is 23.1 Å². The van der Waals surface area contributed by atoms with E-state index in [9.17, 15) is 4.79 Å². The fourth-order valence-electron chi connectivity index (χ4n) is 2.52. The smallest absolute Gasteiger partial charge is 0.255 e. The number of rotatable bonds is 3. The third kappa shape index (κ3) is 3.17. The molecule has 4 nitrogen and oxygen atoms in total. The zero-order chi connectivity index (χ0) is 16.4. The number of carbonyl (C=O) groups excluding carboxylic acids is 1. The molecular weight excluding hydrogens is 334 g/mol. The first-order valence-electron chi connectivity index (χ1n) is 7.07. The number of para-hydroxylation sites is 1. The molecule has 0 radical (unpaired) electrons. The second-order valence-electron chi connectivity index (χ2n) is 5.07. The summed E-state index contributed by atoms with van der Waals surface area (Å²) in [5.74, 6) is 0.571. The van der Waals surface area contributed by atoms with E-state index in [2.05, 4.69) is 5.32 Å². The molecule has 2 atom stereocenters. The minimum atomic E-state index is -0.614. The lowest BCUT2D eigenvalue weighted by atomic mass is 10.1. The van der Waals surface area contributed by atoms with Gasteiger partial charge >= 0.3 is 0 Å². The Balaban J connectivity index is 2.03. The molecule has 1 aliphatic heterocycles. The minimum absolute atomic E-state index is 0.175. The van der Waals surface area contributed by atoms with Gasteiger partial charge in [0, 0.05) is 12.0 Å². The van der Waals surface area contributed by atoms with Gasteiger partial charge in [-0.15, -0.1) is 11.8 Å². The number of methoxy groups -OCH3 is 2. The Hall–Kier alpha value is -1.69. The van der Waals surface area contributed by atoms with Crippen molar-refractivity contribution in [2.45, 2.75) is 16.2 Å². The van der Waals surface area contributed by atoms with Gasteiger partial charge in [-0.25, -0.2) is 0 Å². The third-order valence-electron chi connectivity index (χ3n) is 3.71. The quantitative estimate of drug-likeness (QED) is 0.904. The molecule has 2 unspecified atom stereocenters. The number of thioether (sulfide) groups is 1. The number of nitrogens with one attached hydrogen (secondary N) is 1. The Morgan fingerprint density at radius 2 is 1.87 bits per heavy atom. The molecule has 2 aromatic carbocycles. The first kappa shape index (κ1) is 16.2. The molecule has 0 aliphatic carbocycles. The minimum Gasteiger partial charge on any atom is -0.497 e. The Morgan fingerprint density at radius 1 is 1.13 bits per heavy atom. The predicted molar refractivity (Wildman–Crippen MR) is 92.5 cm³/mol. The lowest BCUT2D eigenvalue weighted by molar-refractivity contribution is -0.125. The van der Waals surface area contributed by atoms with E-state index < -0.39 is 6.10 Å². The molecule has 1 N–H and O–H groups in total. The van der Waals surface area contributed by atoms with Crippen LogP contribution in [-0.4, -0.2) is 26.2 Å². The highest BCUT2D eigenvalue weighted by Gasteiger charge is 2.35. The Morgan fingerprint density at radius 3 is 2.52 bits per heavy atom. The van der Waals surface area contributed by atoms with Crippen LogP contribution in [0.3, 0.4) is 0 Å². The highest BCUT2D eigenvalue weighted by atomic mass is 35.5. The van der Waals surface area contributed by atoms with Crippen molar-refractivity contribution < 1.29 is 14.3 Å². The maximum Gasteiger partial charge on any atom is 0.255 e. The zero-order valence-electron chi connectivity index (χ0n) is 12.7. The van der Waals surface area contributed by atoms with E-state index in [1.165, 1.54) is 0 Å². The number of amides is 1. The lowest BCUT2D eigenvalue weighted by Crippen LogP contribution is -2.32. The van der Waals surface area contributed by atoms with E-state index in [4.69, 9.17) is 21.1 Å². The number of halogens is 1. The van der Waals surface area contributed by atoms with Crippen LogP contribution in [-0.2, 0) is 9.53 Å². The normalized spacial score (nSPS) is 20.4. The van der Waals surface area contributed by atoms with Gasteiger partial charge in [0.15, 0.2) is 6.10 Å². The average Bonchev–Trinajstić information content (AvgIpc) is 2.72. The van der Waals surface area contributed by atoms with Gasteiger partial charge in [-0.3, -0.25) is 4.79 Å². The summed E-state index contributed by atoms with van der Waals surface area (Å²) < 4.78 is 10.7. The topological polar surface area (TPSA) is 47.6 Å². The van der Waals surface area contributed by atoms with Crippen molar-refractivity contribution in [1.29, 1.82) is 0 Å². The SMILES string of the molecule is COc1ccc(C2Sc3cccc(Cl)c3NC(=O)C2OC)cc1. The van der Waals surface area contributed by atoms with E-state index in [-0.39, 0.29) is 11.2 Å². The van der Waals surface area contributed by atoms with Crippen molar-refractivity contribution in [2.24, 2.45) is 0 Å². The van der Waals surface area contributed by atoms with Crippen LogP contribution in [0.4, 0.5) is 5.69 Å². The van der Waals surface area contributed by atoms with Gasteiger partial charge in [0.2, 0.25) is 0 Å². The lowest BCUT2D eigenvalue weighted by Gasteiger charge is -2.22. The molecule has 3 rings (SSSR count). The summed E-state index contributed by atoms with van der Waals surface area (Å²) in [5, 5.41) is 3.22. The Bertz CT molecular complexity index is 720. The fraction of sp³-hybridized carbons (Fsp3) is 0.235. The number of ether oxygens (including phenoxy) is 2. The highest BCUT2D eigenvalue weighted by Crippen LogP contribution is 2.46. The van der Waals surface area contributed by atoms with Crippen LogP contribution in [0.1, 0.15) is 10.8 Å². The summed E-state index contributed by atoms with van der Waals surface area (Å²) in [6.07, 6.45) is -0.614. The largest absolute Gasteiger partial charge is 0.497 e. The van der Waals surface area contributed by atoms with E-state index in [1.807, 2.05) is 36.4 Å². The highest BCUT2D eigenvalue weighted by molar-refractivity contribution is 7.99. The van der Waals surface area contributed by atoms with Gasteiger partial charge in [-0.1, -0.05) is 29.8 Å². The van der Waals surface area contributed by atoms with Crippen LogP contribution < -0.4 is 10.1 Å². The van der Waals surface area contributed by atoms with Gasteiger partial charge in [-0.05, 0) is 29.8 Å². The molecule has 0 fully saturated rings. The monoisotopic (exact) mass is 349 g/mol. The summed E-state index contributed by atoms with van der Waals surface area (Å²) in [7, 11) is 3.16. The van der Waals surface area contributed by atoms with Gasteiger partial charge in [-0.2, -0.15) is 0 Å². The summed E-state index contributed by atoms with van der Waals surface area (Å²) in [6, 6.07) is 13.2. The van der Waals surface area contributed by atoms with Crippen molar-refractivity contribution in [2.75, 3.05) is 19.5 Å². The van der Waals surface area contributed by atoms with Crippen molar-refractivity contribution >= 4 is 35.0 Å². The molecule has 23 heavy (non-hydrogen) atoms. The molecule has 0 spiro atoms. The van der Waals surface area contributed by atoms with Crippen LogP contribution >= 0.6 is 23.4 Å². The predicted octanol–water partition coefficient (Wildman–Crippen LogP) is 4.15. The van der Waals surface area contributed by atoms with Crippen LogP contribution in [0.2, 0.25) is 5.02 Å². The summed E-state index contributed by atoms with van der Waals surface area (Å²) in [5.41, 5.74) is 1.63. The zero-order valence-corrected chi connectivity index (χ0v) is 14.3. The number of fused-ring (bicyclic) bond motifs is 1. The molecule has 1 amide bonds. The molecule has 0 saturated carbocycles. The number of hydrogen-bond donors (Lipinski definition) is 1. The summed E-state index contributed by atoms with van der Waals surface area (Å²) >= 11 is 7.78. The standard InChI is InChI=1S/C17H16ClNO3S/c1-21-11-8-6-10(7-9-11)16-15(22-2)17(20)19-14-12(18)4-3-5-13(14)23-16/h3-9,15-16H,1-2H3,(H,19,20). The maximum absolute atomic E-state index is 12.5. The number of anilines is 1. The first-order valence-corrected chi connectivity index (χ1v) is 8.32. The second kappa shape index (κ2) is 6.83. The van der Waals surface area contributed by atoms with Crippen molar-refractivity contribution in [3.05, 3.63) is 53.1 Å². The van der Waals surface area contributed by atoms with Gasteiger partial charge in [0.1, 0.15) is 5.75 Å². The van der Waals surface area contributed by atoms with E-state index in [1.54, 1.807) is 32.0 Å². The molecule has 1 aliphatic rings. The number of benzene rings is 2. The average molecular weight is 350 g/mol. The summed E-state index contributed by atoms with van der Waals surface area (Å²) in [6.45, 7) is 0. The van der Waals surface area contributed by atoms with E-state index in [0.717, 1.165) is 16.2 Å². The molecule has 0 aromatic heterocycles. The second-order valence-corrected chi connectivity index (χ2v) is 6.66. The van der Waals surface area contributed by atoms with E-state index in [0.29, 0.717) is 10.7 Å². The molecule has 1 heterocycles.